The van der Waals surface area contributed by atoms with Crippen molar-refractivity contribution in [2.75, 3.05) is 24.3 Å². The molecule has 0 aliphatic rings. The van der Waals surface area contributed by atoms with Crippen LogP contribution in [0.3, 0.4) is 0 Å². The van der Waals surface area contributed by atoms with Crippen LogP contribution in [0.4, 0.5) is 5.69 Å². The molecule has 2 aromatic carbocycles. The number of rotatable bonds is 9. The summed E-state index contributed by atoms with van der Waals surface area (Å²) in [6, 6.07) is 17.5. The second-order valence-corrected chi connectivity index (χ2v) is 9.46. The van der Waals surface area contributed by atoms with Crippen LogP contribution >= 0.6 is 11.3 Å². The number of esters is 2. The molecule has 3 rings (SSSR count). The van der Waals surface area contributed by atoms with Gasteiger partial charge in [-0.25, -0.2) is 9.59 Å². The van der Waals surface area contributed by atoms with Crippen LogP contribution in [0.1, 0.15) is 33.9 Å². The number of hydrogen-bond donors (Lipinski definition) is 1. The fraction of sp³-hybridized carbons (Fsp3) is 0.208. The lowest BCUT2D eigenvalue weighted by atomic mass is 10.2. The first-order valence-electron chi connectivity index (χ1n) is 10.2. The molecule has 1 aromatic heterocycles. The van der Waals surface area contributed by atoms with Gasteiger partial charge < -0.3 is 14.8 Å². The van der Waals surface area contributed by atoms with Crippen molar-refractivity contribution < 1.29 is 28.1 Å². The average molecular weight is 486 g/mol. The van der Waals surface area contributed by atoms with Gasteiger partial charge in [0, 0.05) is 10.6 Å². The summed E-state index contributed by atoms with van der Waals surface area (Å²) in [5.74, 6) is -1.56. The smallest absolute Gasteiger partial charge is 0.350 e. The standard InChI is InChI=1S/C24H23NO6S2/c1-3-30-24(28)22-18(14-19(32-22)16-10-6-5-7-11-16)25-21(26)15-31-23(27)17-12-8-9-13-20(17)33(29)4-2/h5-14H,3-4,15H2,1-2H3,(H,25,26)/t33-/m0/s1. The van der Waals surface area contributed by atoms with Gasteiger partial charge in [-0.05, 0) is 30.7 Å². The highest BCUT2D eigenvalue weighted by molar-refractivity contribution is 7.85. The molecule has 0 aliphatic heterocycles. The molecule has 0 radical (unpaired) electrons. The summed E-state index contributed by atoms with van der Waals surface area (Å²) in [4.78, 5) is 38.8. The Morgan fingerprint density at radius 2 is 1.64 bits per heavy atom. The highest BCUT2D eigenvalue weighted by Crippen LogP contribution is 2.35. The number of nitrogens with one attached hydrogen (secondary N) is 1. The molecule has 0 fully saturated rings. The first-order valence-corrected chi connectivity index (χ1v) is 12.4. The van der Waals surface area contributed by atoms with Crippen molar-refractivity contribution in [2.45, 2.75) is 18.7 Å². The van der Waals surface area contributed by atoms with Gasteiger partial charge in [-0.2, -0.15) is 0 Å². The Bertz CT molecular complexity index is 1170. The predicted octanol–water partition coefficient (Wildman–Crippen LogP) is 4.51. The van der Waals surface area contributed by atoms with Crippen LogP contribution in [0.5, 0.6) is 0 Å². The van der Waals surface area contributed by atoms with Crippen LogP contribution < -0.4 is 5.32 Å². The molecule has 1 atom stereocenters. The van der Waals surface area contributed by atoms with Gasteiger partial charge in [0.2, 0.25) is 0 Å². The van der Waals surface area contributed by atoms with E-state index in [1.54, 1.807) is 38.1 Å². The Labute approximate surface area is 198 Å². The summed E-state index contributed by atoms with van der Waals surface area (Å²) in [6.07, 6.45) is 0. The largest absolute Gasteiger partial charge is 0.462 e. The molecule has 0 saturated carbocycles. The topological polar surface area (TPSA) is 98.8 Å². The maximum atomic E-state index is 12.5. The number of ether oxygens (including phenoxy) is 2. The second kappa shape index (κ2) is 11.5. The van der Waals surface area contributed by atoms with Crippen molar-refractivity contribution in [3.63, 3.8) is 0 Å². The molecule has 7 nitrogen and oxygen atoms in total. The van der Waals surface area contributed by atoms with Crippen LogP contribution in [0.15, 0.2) is 65.6 Å². The Morgan fingerprint density at radius 1 is 0.939 bits per heavy atom. The Hall–Kier alpha value is -3.30. The normalized spacial score (nSPS) is 11.5. The summed E-state index contributed by atoms with van der Waals surface area (Å²) in [5, 5.41) is 2.63. The van der Waals surface area contributed by atoms with Crippen LogP contribution in [-0.2, 0) is 25.1 Å². The maximum absolute atomic E-state index is 12.5. The van der Waals surface area contributed by atoms with Gasteiger partial charge >= 0.3 is 11.9 Å². The zero-order valence-corrected chi connectivity index (χ0v) is 19.8. The third kappa shape index (κ3) is 6.15. The molecule has 172 valence electrons. The Balaban J connectivity index is 1.74. The van der Waals surface area contributed by atoms with Crippen LogP contribution in [0, 0.1) is 0 Å². The Morgan fingerprint density at radius 3 is 2.33 bits per heavy atom. The Kier molecular flexibility index (Phi) is 8.51. The third-order valence-electron chi connectivity index (χ3n) is 4.47. The fourth-order valence-corrected chi connectivity index (χ4v) is 4.91. The molecule has 1 heterocycles. The minimum atomic E-state index is -1.35. The van der Waals surface area contributed by atoms with Gasteiger partial charge in [0.15, 0.2) is 6.61 Å². The average Bonchev–Trinajstić information content (AvgIpc) is 3.26. The van der Waals surface area contributed by atoms with E-state index in [4.69, 9.17) is 9.47 Å². The molecule has 1 amide bonds. The summed E-state index contributed by atoms with van der Waals surface area (Å²) in [6.45, 7) is 3.08. The summed E-state index contributed by atoms with van der Waals surface area (Å²) in [5.41, 5.74) is 1.32. The number of anilines is 1. The quantitative estimate of drug-likeness (QED) is 0.448. The van der Waals surface area contributed by atoms with E-state index in [0.29, 0.717) is 10.6 Å². The van der Waals surface area contributed by atoms with Crippen molar-refractivity contribution in [3.05, 3.63) is 71.1 Å². The predicted molar refractivity (Wildman–Crippen MR) is 128 cm³/mol. The van der Waals surface area contributed by atoms with Crippen LogP contribution in [-0.4, -0.2) is 41.0 Å². The van der Waals surface area contributed by atoms with E-state index < -0.39 is 35.3 Å². The molecular weight excluding hydrogens is 462 g/mol. The first kappa shape index (κ1) is 24.3. The fourth-order valence-electron chi connectivity index (χ4n) is 2.96. The van der Waals surface area contributed by atoms with Crippen LogP contribution in [0.25, 0.3) is 10.4 Å². The van der Waals surface area contributed by atoms with Gasteiger partial charge in [0.1, 0.15) is 4.88 Å². The lowest BCUT2D eigenvalue weighted by Crippen LogP contribution is -2.22. The van der Waals surface area contributed by atoms with Crippen molar-refractivity contribution >= 4 is 45.7 Å². The SMILES string of the molecule is CCOC(=O)c1sc(-c2ccccc2)cc1NC(=O)COC(=O)c1ccccc1[S@@](=O)CC. The molecule has 3 aromatic rings. The molecule has 1 N–H and O–H groups in total. The summed E-state index contributed by atoms with van der Waals surface area (Å²) in [7, 11) is -1.35. The highest BCUT2D eigenvalue weighted by Gasteiger charge is 2.21. The number of amides is 1. The highest BCUT2D eigenvalue weighted by atomic mass is 32.2. The molecule has 9 heteroatoms. The van der Waals surface area contributed by atoms with Gasteiger partial charge in [0.05, 0.1) is 33.6 Å². The molecule has 0 aliphatic carbocycles. The van der Waals surface area contributed by atoms with Crippen LogP contribution in [0.2, 0.25) is 0 Å². The van der Waals surface area contributed by atoms with Crippen molar-refractivity contribution in [3.8, 4) is 10.4 Å². The molecular formula is C24H23NO6S2. The van der Waals surface area contributed by atoms with E-state index in [0.717, 1.165) is 10.4 Å². The lowest BCUT2D eigenvalue weighted by Gasteiger charge is -2.09. The zero-order chi connectivity index (χ0) is 23.8. The monoisotopic (exact) mass is 485 g/mol. The number of carbonyl (C=O) groups is 3. The van der Waals surface area contributed by atoms with Gasteiger partial charge in [-0.3, -0.25) is 9.00 Å². The second-order valence-electron chi connectivity index (χ2n) is 6.69. The zero-order valence-electron chi connectivity index (χ0n) is 18.2. The van der Waals surface area contributed by atoms with E-state index in [2.05, 4.69) is 5.32 Å². The first-order chi connectivity index (χ1) is 15.9. The molecule has 0 bridgehead atoms. The van der Waals surface area contributed by atoms with E-state index in [9.17, 15) is 18.6 Å². The lowest BCUT2D eigenvalue weighted by molar-refractivity contribution is -0.119. The molecule has 0 unspecified atom stereocenters. The van der Waals surface area contributed by atoms with Crippen molar-refractivity contribution in [2.24, 2.45) is 0 Å². The van der Waals surface area contributed by atoms with E-state index >= 15 is 0 Å². The summed E-state index contributed by atoms with van der Waals surface area (Å²) < 4.78 is 22.4. The van der Waals surface area contributed by atoms with E-state index in [-0.39, 0.29) is 22.7 Å². The molecule has 0 saturated heterocycles. The van der Waals surface area contributed by atoms with Crippen molar-refractivity contribution in [1.82, 2.24) is 0 Å². The van der Waals surface area contributed by atoms with E-state index in [1.165, 1.54) is 17.4 Å². The third-order valence-corrected chi connectivity index (χ3v) is 7.01. The minimum absolute atomic E-state index is 0.152. The number of thiophene rings is 1. The number of benzene rings is 2. The molecule has 0 spiro atoms. The van der Waals surface area contributed by atoms with E-state index in [1.807, 2.05) is 30.3 Å². The maximum Gasteiger partial charge on any atom is 0.350 e. The summed E-state index contributed by atoms with van der Waals surface area (Å²) >= 11 is 1.20. The van der Waals surface area contributed by atoms with Gasteiger partial charge in [0.25, 0.3) is 5.91 Å². The minimum Gasteiger partial charge on any atom is -0.462 e. The molecule has 33 heavy (non-hydrogen) atoms. The van der Waals surface area contributed by atoms with Gasteiger partial charge in [-0.15, -0.1) is 11.3 Å². The van der Waals surface area contributed by atoms with Gasteiger partial charge in [-0.1, -0.05) is 49.4 Å². The van der Waals surface area contributed by atoms with Crippen molar-refractivity contribution in [1.29, 1.82) is 0 Å². The number of hydrogen-bond acceptors (Lipinski definition) is 7. The number of carbonyl (C=O) groups excluding carboxylic acids is 3.